The molecule has 0 fully saturated rings. The van der Waals surface area contributed by atoms with Crippen molar-refractivity contribution in [1.82, 2.24) is 73.8 Å². The molecule has 0 spiro atoms. The van der Waals surface area contributed by atoms with Crippen LogP contribution in [0.15, 0.2) is 85.2 Å². The van der Waals surface area contributed by atoms with Gasteiger partial charge in [-0.3, -0.25) is 76.7 Å². The number of aromatic hydroxyl groups is 1. The van der Waals surface area contributed by atoms with E-state index < -0.39 is 218 Å². The van der Waals surface area contributed by atoms with Crippen LogP contribution >= 0.6 is 25.3 Å². The number of phenolic OH excluding ortho intramolecular Hbond substituents is 1. The molecular weight excluding hydrogens is 1460 g/mol. The third-order valence-corrected chi connectivity index (χ3v) is 17.8. The van der Waals surface area contributed by atoms with Crippen LogP contribution in [-0.4, -0.2) is 222 Å². The molecule has 0 bridgehead atoms. The molecule has 37 nitrogen and oxygen atoms in total. The van der Waals surface area contributed by atoms with E-state index in [4.69, 9.17) is 17.2 Å². The molecule has 0 aliphatic heterocycles. The van der Waals surface area contributed by atoms with Gasteiger partial charge in [0, 0.05) is 84.7 Å². The second-order valence-corrected chi connectivity index (χ2v) is 27.1. The number of primary amides is 3. The van der Waals surface area contributed by atoms with Crippen molar-refractivity contribution in [3.05, 3.63) is 102 Å². The number of benzene rings is 3. The van der Waals surface area contributed by atoms with Crippen LogP contribution in [0.3, 0.4) is 0 Å². The van der Waals surface area contributed by atoms with Crippen molar-refractivity contribution in [2.45, 2.75) is 177 Å². The molecule has 0 saturated carbocycles. The number of carboxylic acid groups (broad SMARTS) is 1. The summed E-state index contributed by atoms with van der Waals surface area (Å²) in [5, 5.41) is 72.4. The first kappa shape index (κ1) is 88.3. The number of phenols is 1. The van der Waals surface area contributed by atoms with Crippen molar-refractivity contribution in [2.75, 3.05) is 18.1 Å². The minimum Gasteiger partial charge on any atom is -0.508 e. The summed E-state index contributed by atoms with van der Waals surface area (Å²) in [6.07, 6.45) is -4.38. The molecule has 0 unspecified atom stereocenters. The normalized spacial score (nSPS) is 14.8. The van der Waals surface area contributed by atoms with E-state index in [2.05, 4.69) is 99.0 Å². The molecule has 0 aliphatic carbocycles. The number of aromatic amines is 2. The molecule has 13 atom stereocenters. The molecule has 0 radical (unpaired) electrons. The molecule has 2 aromatic heterocycles. The lowest BCUT2D eigenvalue weighted by Crippen LogP contribution is -2.63. The third kappa shape index (κ3) is 28.4. The van der Waals surface area contributed by atoms with Crippen LogP contribution in [0.2, 0.25) is 0 Å². The van der Waals surface area contributed by atoms with Gasteiger partial charge in [0.1, 0.15) is 72.2 Å². The lowest BCUT2D eigenvalue weighted by atomic mass is 9.99. The number of hydrogen-bond acceptors (Lipinski definition) is 21. The Kier molecular flexibility index (Phi) is 34.7. The quantitative estimate of drug-likeness (QED) is 0.0163. The SMILES string of the molecule is CC(=O)N[C@@H](CS)C(=O)N[C@@H](CCC(N)=O)C(=O)N[C@H](C(=O)N[C@@H](Cc1c[nH]c2ccccc12)C(=O)N[C@H](C(=O)N[C@@H](CS)C(=O)N[C@@H](Cc1ccc(O)cc1)C(=O)N[C@@H](Cc1c[nH]c2ccccc12)C(=O)N[C@@H](CCC(C)C)C(=O)N[C@@H](CCC(=O)O)C(=O)N[C@@H](CC(N)=O)C(=O)NCC(N)=O)[C@@H](C)O)[C@@H](C)O. The van der Waals surface area contributed by atoms with E-state index in [0.717, 1.165) is 20.8 Å². The van der Waals surface area contributed by atoms with Crippen LogP contribution in [0.1, 0.15) is 96.3 Å². The minimum absolute atomic E-state index is 0.125. The maximum atomic E-state index is 15.1. The smallest absolute Gasteiger partial charge is 0.303 e. The van der Waals surface area contributed by atoms with E-state index in [-0.39, 0.29) is 49.5 Å². The van der Waals surface area contributed by atoms with E-state index in [1.165, 1.54) is 30.5 Å². The third-order valence-electron chi connectivity index (χ3n) is 17.0. The number of aromatic nitrogens is 2. The van der Waals surface area contributed by atoms with E-state index in [1.54, 1.807) is 68.6 Å². The minimum atomic E-state index is -1.96. The number of hydrogen-bond donors (Lipinski definition) is 23. The van der Waals surface area contributed by atoms with Crippen molar-refractivity contribution in [2.24, 2.45) is 23.1 Å². The van der Waals surface area contributed by atoms with E-state index in [0.29, 0.717) is 38.5 Å². The largest absolute Gasteiger partial charge is 0.508 e. The van der Waals surface area contributed by atoms with Gasteiger partial charge in [-0.2, -0.15) is 25.3 Å². The molecule has 24 N–H and O–H groups in total. The first-order valence-electron chi connectivity index (χ1n) is 34.6. The first-order chi connectivity index (χ1) is 51.5. The predicted molar refractivity (Wildman–Crippen MR) is 399 cm³/mol. The fourth-order valence-electron chi connectivity index (χ4n) is 11.2. The molecular formula is C70H95N17O20S2. The molecule has 15 amide bonds. The number of aliphatic hydroxyl groups is 2. The summed E-state index contributed by atoms with van der Waals surface area (Å²) in [6.45, 7) is 6.25. The molecule has 592 valence electrons. The number of amides is 15. The van der Waals surface area contributed by atoms with Gasteiger partial charge in [-0.05, 0) is 86.4 Å². The van der Waals surface area contributed by atoms with Crippen molar-refractivity contribution in [1.29, 1.82) is 0 Å². The number of nitrogens with two attached hydrogens (primary N) is 3. The lowest BCUT2D eigenvalue weighted by Gasteiger charge is -2.29. The zero-order valence-electron chi connectivity index (χ0n) is 60.3. The number of thiol groups is 2. The number of H-pyrrole nitrogens is 2. The van der Waals surface area contributed by atoms with Gasteiger partial charge in [0.05, 0.1) is 25.2 Å². The van der Waals surface area contributed by atoms with E-state index in [1.807, 2.05) is 0 Å². The highest BCUT2D eigenvalue weighted by molar-refractivity contribution is 7.80. The van der Waals surface area contributed by atoms with E-state index in [9.17, 15) is 87.5 Å². The summed E-state index contributed by atoms with van der Waals surface area (Å²) in [7, 11) is 0. The van der Waals surface area contributed by atoms with Crippen molar-refractivity contribution < 1.29 is 97.1 Å². The Morgan fingerprint density at radius 3 is 1.21 bits per heavy atom. The Morgan fingerprint density at radius 1 is 0.413 bits per heavy atom. The number of carbonyl (C=O) groups excluding carboxylic acids is 15. The molecule has 5 rings (SSSR count). The molecule has 0 saturated heterocycles. The van der Waals surface area contributed by atoms with Crippen LogP contribution in [0.5, 0.6) is 5.75 Å². The highest BCUT2D eigenvalue weighted by Crippen LogP contribution is 2.23. The number of aliphatic carboxylic acids is 1. The summed E-state index contributed by atoms with van der Waals surface area (Å²) in [6, 6.07) is 0.610. The standard InChI is InChI=1S/C70H95N17O20S2/c1-33(2)14-19-45(61(98)78-47(21-23-57(95)96)62(99)83-51(27-55(72)93)60(97)76-30-56(73)94)79-65(102)49(25-38-28-74-43-12-8-6-10-41(38)43)82-64(101)48(24-37-15-17-40(91)18-16-37)81-68(105)53(32-109)85-70(107)59(35(4)89)87-66(103)50(26-39-29-75-44-13-9-7-11-42(39)44)84-69(106)58(34(3)88)86-63(100)46(20-22-54(71)92)80-67(104)52(31-108)77-36(5)90/h6-13,15-18,28-29,33-35,45-53,58-59,74-75,88-89,91,108-109H,14,19-27,30-32H2,1-5H3,(H2,71,92)(H2,72,93)(H2,73,94)(H,76,97)(H,77,90)(H,78,98)(H,79,102)(H,80,104)(H,81,105)(H,82,101)(H,83,99)(H,84,106)(H,85,107)(H,86,100)(H,87,103)(H,95,96)/t34-,35-,45+,46+,47+,48+,49+,50+,51+,52+,53+,58+,59+/m1/s1. The average molecular weight is 1560 g/mol. The van der Waals surface area contributed by atoms with Gasteiger partial charge in [0.2, 0.25) is 88.6 Å². The second-order valence-electron chi connectivity index (χ2n) is 26.3. The number of fused-ring (bicyclic) bond motifs is 2. The van der Waals surface area contributed by atoms with Gasteiger partial charge in [-0.25, -0.2) is 0 Å². The zero-order chi connectivity index (χ0) is 80.9. The Balaban J connectivity index is 1.46. The van der Waals surface area contributed by atoms with Crippen LogP contribution in [-0.2, 0) is 96.0 Å². The summed E-state index contributed by atoms with van der Waals surface area (Å²) in [5.74, 6) is -18.1. The predicted octanol–water partition coefficient (Wildman–Crippen LogP) is -4.60. The molecule has 0 aliphatic rings. The molecule has 39 heteroatoms. The highest BCUT2D eigenvalue weighted by atomic mass is 32.1. The van der Waals surface area contributed by atoms with Gasteiger partial charge in [-0.15, -0.1) is 0 Å². The van der Waals surface area contributed by atoms with Crippen LogP contribution in [0.4, 0.5) is 0 Å². The first-order valence-corrected chi connectivity index (χ1v) is 35.9. The Labute approximate surface area is 636 Å². The summed E-state index contributed by atoms with van der Waals surface area (Å²) in [5.41, 5.74) is 18.3. The summed E-state index contributed by atoms with van der Waals surface area (Å²) >= 11 is 8.41. The summed E-state index contributed by atoms with van der Waals surface area (Å²) in [4.78, 5) is 222. The number of carbonyl (C=O) groups is 16. The van der Waals surface area contributed by atoms with Crippen molar-refractivity contribution in [3.63, 3.8) is 0 Å². The zero-order valence-corrected chi connectivity index (χ0v) is 62.1. The molecule has 5 aromatic rings. The lowest BCUT2D eigenvalue weighted by molar-refractivity contribution is -0.139. The highest BCUT2D eigenvalue weighted by Gasteiger charge is 2.39. The fraction of sp³-hybridized carbons (Fsp3) is 0.457. The van der Waals surface area contributed by atoms with Gasteiger partial charge in [-0.1, -0.05) is 62.4 Å². The number of carboxylic acids is 1. The number of aliphatic hydroxyl groups excluding tert-OH is 2. The maximum absolute atomic E-state index is 15.1. The summed E-state index contributed by atoms with van der Waals surface area (Å²) < 4.78 is 0. The van der Waals surface area contributed by atoms with Crippen molar-refractivity contribution >= 4 is 142 Å². The topological polar surface area (TPSA) is 608 Å². The Bertz CT molecular complexity index is 4100. The van der Waals surface area contributed by atoms with Gasteiger partial charge in [0.15, 0.2) is 0 Å². The van der Waals surface area contributed by atoms with Crippen molar-refractivity contribution in [3.8, 4) is 5.75 Å². The maximum Gasteiger partial charge on any atom is 0.303 e. The van der Waals surface area contributed by atoms with Crippen LogP contribution in [0.25, 0.3) is 21.8 Å². The number of nitrogens with one attached hydrogen (secondary N) is 14. The van der Waals surface area contributed by atoms with Gasteiger partial charge < -0.3 is 111 Å². The van der Waals surface area contributed by atoms with Gasteiger partial charge in [0.25, 0.3) is 0 Å². The second kappa shape index (κ2) is 42.9. The van der Waals surface area contributed by atoms with Crippen LogP contribution in [0, 0.1) is 5.92 Å². The van der Waals surface area contributed by atoms with E-state index >= 15 is 9.59 Å². The van der Waals surface area contributed by atoms with Crippen LogP contribution < -0.4 is 81.0 Å². The number of para-hydroxylation sites is 2. The molecule has 109 heavy (non-hydrogen) atoms. The average Bonchev–Trinajstić information content (AvgIpc) is 1.65. The molecule has 3 aromatic carbocycles. The molecule has 2 heterocycles. The Morgan fingerprint density at radius 2 is 0.789 bits per heavy atom. The number of rotatable bonds is 45. The monoisotopic (exact) mass is 1560 g/mol. The fourth-order valence-corrected chi connectivity index (χ4v) is 11.7. The van der Waals surface area contributed by atoms with Gasteiger partial charge >= 0.3 is 5.97 Å². The Hall–Kier alpha value is -11.3.